The highest BCUT2D eigenvalue weighted by atomic mass is 35.5. The standard InChI is InChI=1S/C10H11Cl2NO3/c1-6-4-8(12)9(5-7(6)11)13-10(15)16-3-2-14/h4-5,14H,2-3H2,1H3,(H,13,15). The molecule has 0 atom stereocenters. The van der Waals surface area contributed by atoms with E-state index in [2.05, 4.69) is 10.1 Å². The second-order valence-electron chi connectivity index (χ2n) is 3.07. The van der Waals surface area contributed by atoms with Crippen molar-refractivity contribution in [3.8, 4) is 0 Å². The van der Waals surface area contributed by atoms with E-state index in [9.17, 15) is 4.79 Å². The predicted molar refractivity (Wildman–Crippen MR) is 63.3 cm³/mol. The average Bonchev–Trinajstić information content (AvgIpc) is 2.23. The van der Waals surface area contributed by atoms with Gasteiger partial charge in [-0.05, 0) is 24.6 Å². The lowest BCUT2D eigenvalue weighted by Crippen LogP contribution is -2.16. The number of carbonyl (C=O) groups excluding carboxylic acids is 1. The monoisotopic (exact) mass is 263 g/mol. The van der Waals surface area contributed by atoms with Gasteiger partial charge >= 0.3 is 6.09 Å². The summed E-state index contributed by atoms with van der Waals surface area (Å²) < 4.78 is 4.62. The smallest absolute Gasteiger partial charge is 0.411 e. The topological polar surface area (TPSA) is 58.6 Å². The Morgan fingerprint density at radius 3 is 2.75 bits per heavy atom. The maximum Gasteiger partial charge on any atom is 0.411 e. The van der Waals surface area contributed by atoms with Crippen LogP contribution in [0.3, 0.4) is 0 Å². The summed E-state index contributed by atoms with van der Waals surface area (Å²) in [7, 11) is 0. The molecule has 0 radical (unpaired) electrons. The van der Waals surface area contributed by atoms with E-state index in [1.54, 1.807) is 12.1 Å². The number of hydrogen-bond acceptors (Lipinski definition) is 3. The molecule has 2 N–H and O–H groups in total. The van der Waals surface area contributed by atoms with Crippen molar-refractivity contribution in [3.63, 3.8) is 0 Å². The van der Waals surface area contributed by atoms with E-state index in [0.29, 0.717) is 15.7 Å². The van der Waals surface area contributed by atoms with Crippen LogP contribution < -0.4 is 5.32 Å². The Balaban J connectivity index is 2.73. The lowest BCUT2D eigenvalue weighted by atomic mass is 10.2. The summed E-state index contributed by atoms with van der Waals surface area (Å²) in [6.07, 6.45) is -0.684. The van der Waals surface area contributed by atoms with Crippen LogP contribution in [0, 0.1) is 6.92 Å². The van der Waals surface area contributed by atoms with Gasteiger partial charge in [0.05, 0.1) is 17.3 Å². The highest BCUT2D eigenvalue weighted by molar-refractivity contribution is 6.36. The van der Waals surface area contributed by atoms with Crippen LogP contribution in [-0.4, -0.2) is 24.4 Å². The number of carbonyl (C=O) groups is 1. The molecule has 0 unspecified atom stereocenters. The van der Waals surface area contributed by atoms with Gasteiger partial charge in [0.25, 0.3) is 0 Å². The summed E-state index contributed by atoms with van der Waals surface area (Å²) in [5.74, 6) is 0. The molecule has 0 saturated heterocycles. The van der Waals surface area contributed by atoms with Crippen molar-refractivity contribution >= 4 is 35.0 Å². The molecule has 16 heavy (non-hydrogen) atoms. The molecule has 0 fully saturated rings. The van der Waals surface area contributed by atoms with Crippen LogP contribution in [-0.2, 0) is 4.74 Å². The summed E-state index contributed by atoms with van der Waals surface area (Å²) in [4.78, 5) is 11.2. The number of aliphatic hydroxyl groups excluding tert-OH is 1. The third-order valence-corrected chi connectivity index (χ3v) is 2.53. The van der Waals surface area contributed by atoms with E-state index in [-0.39, 0.29) is 13.2 Å². The minimum Gasteiger partial charge on any atom is -0.447 e. The second kappa shape index (κ2) is 5.94. The summed E-state index contributed by atoms with van der Waals surface area (Å²) in [5, 5.41) is 11.8. The molecule has 6 heteroatoms. The Morgan fingerprint density at radius 1 is 1.44 bits per heavy atom. The van der Waals surface area contributed by atoms with Crippen LogP contribution in [0.25, 0.3) is 0 Å². The van der Waals surface area contributed by atoms with E-state index in [0.717, 1.165) is 5.56 Å². The molecule has 0 aromatic heterocycles. The average molecular weight is 264 g/mol. The van der Waals surface area contributed by atoms with Gasteiger partial charge < -0.3 is 9.84 Å². The number of halogens is 2. The van der Waals surface area contributed by atoms with Gasteiger partial charge in [-0.3, -0.25) is 5.32 Å². The van der Waals surface area contributed by atoms with Crippen molar-refractivity contribution in [2.75, 3.05) is 18.5 Å². The van der Waals surface area contributed by atoms with Gasteiger partial charge in [-0.15, -0.1) is 0 Å². The first-order valence-corrected chi connectivity index (χ1v) is 5.30. The summed E-state index contributed by atoms with van der Waals surface area (Å²) in [5.41, 5.74) is 1.20. The first kappa shape index (κ1) is 13.1. The van der Waals surface area contributed by atoms with Crippen molar-refractivity contribution < 1.29 is 14.6 Å². The molecule has 0 aliphatic rings. The fraction of sp³-hybridized carbons (Fsp3) is 0.300. The zero-order valence-corrected chi connectivity index (χ0v) is 10.1. The summed E-state index contributed by atoms with van der Waals surface area (Å²) >= 11 is 11.8. The maximum absolute atomic E-state index is 11.2. The molecule has 1 aromatic carbocycles. The molecular formula is C10H11Cl2NO3. The Labute approximate surface area is 103 Å². The zero-order chi connectivity index (χ0) is 12.1. The number of aliphatic hydroxyl groups is 1. The highest BCUT2D eigenvalue weighted by Crippen LogP contribution is 2.28. The number of nitrogens with one attached hydrogen (secondary N) is 1. The molecule has 1 rings (SSSR count). The van der Waals surface area contributed by atoms with Gasteiger partial charge in [-0.2, -0.15) is 0 Å². The van der Waals surface area contributed by atoms with E-state index in [1.165, 1.54) is 0 Å². The van der Waals surface area contributed by atoms with Gasteiger partial charge in [0.15, 0.2) is 0 Å². The first-order chi connectivity index (χ1) is 7.54. The van der Waals surface area contributed by atoms with Crippen molar-refractivity contribution in [1.29, 1.82) is 0 Å². The molecule has 0 aliphatic carbocycles. The fourth-order valence-corrected chi connectivity index (χ4v) is 1.46. The normalized spacial score (nSPS) is 10.0. The number of benzene rings is 1. The predicted octanol–water partition coefficient (Wildman–Crippen LogP) is 2.84. The third-order valence-electron chi connectivity index (χ3n) is 1.81. The minimum atomic E-state index is -0.684. The molecule has 88 valence electrons. The van der Waals surface area contributed by atoms with Gasteiger partial charge in [0, 0.05) is 5.02 Å². The largest absolute Gasteiger partial charge is 0.447 e. The van der Waals surface area contributed by atoms with E-state index in [1.807, 2.05) is 6.92 Å². The second-order valence-corrected chi connectivity index (χ2v) is 3.88. The number of ether oxygens (including phenoxy) is 1. The molecule has 0 spiro atoms. The maximum atomic E-state index is 11.2. The first-order valence-electron chi connectivity index (χ1n) is 4.55. The molecule has 4 nitrogen and oxygen atoms in total. The Bertz CT molecular complexity index is 396. The van der Waals surface area contributed by atoms with Gasteiger partial charge in [-0.25, -0.2) is 4.79 Å². The third kappa shape index (κ3) is 3.56. The van der Waals surface area contributed by atoms with E-state index >= 15 is 0 Å². The lowest BCUT2D eigenvalue weighted by molar-refractivity contribution is 0.131. The van der Waals surface area contributed by atoms with Crippen LogP contribution in [0.5, 0.6) is 0 Å². The number of anilines is 1. The van der Waals surface area contributed by atoms with Crippen molar-refractivity contribution in [3.05, 3.63) is 27.7 Å². The molecule has 1 aromatic rings. The van der Waals surface area contributed by atoms with E-state index < -0.39 is 6.09 Å². The number of hydrogen-bond donors (Lipinski definition) is 2. The molecular weight excluding hydrogens is 253 g/mol. The summed E-state index contributed by atoms with van der Waals surface area (Å²) in [6.45, 7) is 1.51. The van der Waals surface area contributed by atoms with Crippen LogP contribution in [0.1, 0.15) is 5.56 Å². The minimum absolute atomic E-state index is 0.0664. The quantitative estimate of drug-likeness (QED) is 0.882. The van der Waals surface area contributed by atoms with Crippen LogP contribution in [0.4, 0.5) is 10.5 Å². The van der Waals surface area contributed by atoms with Crippen LogP contribution >= 0.6 is 23.2 Å². The van der Waals surface area contributed by atoms with Crippen molar-refractivity contribution in [2.24, 2.45) is 0 Å². The van der Waals surface area contributed by atoms with Gasteiger partial charge in [-0.1, -0.05) is 23.2 Å². The Morgan fingerprint density at radius 2 is 2.12 bits per heavy atom. The Hall–Kier alpha value is -0.970. The molecule has 0 heterocycles. The molecule has 1 amide bonds. The highest BCUT2D eigenvalue weighted by Gasteiger charge is 2.08. The number of amides is 1. The van der Waals surface area contributed by atoms with Gasteiger partial charge in [0.1, 0.15) is 6.61 Å². The van der Waals surface area contributed by atoms with Crippen molar-refractivity contribution in [1.82, 2.24) is 0 Å². The van der Waals surface area contributed by atoms with Crippen LogP contribution in [0.2, 0.25) is 10.0 Å². The zero-order valence-electron chi connectivity index (χ0n) is 8.59. The number of rotatable bonds is 3. The lowest BCUT2D eigenvalue weighted by Gasteiger charge is -2.09. The molecule has 0 saturated carbocycles. The van der Waals surface area contributed by atoms with Crippen LogP contribution in [0.15, 0.2) is 12.1 Å². The summed E-state index contributed by atoms with van der Waals surface area (Å²) in [6, 6.07) is 3.19. The molecule has 0 bridgehead atoms. The fourth-order valence-electron chi connectivity index (χ4n) is 1.03. The molecule has 0 aliphatic heterocycles. The van der Waals surface area contributed by atoms with Gasteiger partial charge in [0.2, 0.25) is 0 Å². The van der Waals surface area contributed by atoms with Crippen molar-refractivity contribution in [2.45, 2.75) is 6.92 Å². The SMILES string of the molecule is Cc1cc(Cl)c(NC(=O)OCCO)cc1Cl. The van der Waals surface area contributed by atoms with E-state index in [4.69, 9.17) is 28.3 Å². The Kier molecular flexibility index (Phi) is 4.86. The number of aryl methyl sites for hydroxylation is 1.